The SMILES string of the molecule is COc1cc(/C=C2\SC(=O)N(CCNC(=O)C(C)n3cncn3)C2=O)ccc1OC(F)F. The summed E-state index contributed by atoms with van der Waals surface area (Å²) in [5.74, 6) is -0.951. The zero-order chi connectivity index (χ0) is 23.3. The van der Waals surface area contributed by atoms with Crippen molar-refractivity contribution in [1.82, 2.24) is 25.0 Å². The number of nitrogens with zero attached hydrogens (tertiary/aromatic N) is 4. The summed E-state index contributed by atoms with van der Waals surface area (Å²) in [5.41, 5.74) is 0.462. The second-order valence-electron chi connectivity index (χ2n) is 6.46. The lowest BCUT2D eigenvalue weighted by Crippen LogP contribution is -2.39. The number of hydrogen-bond donors (Lipinski definition) is 1. The number of carbonyl (C=O) groups excluding carboxylic acids is 3. The third kappa shape index (κ3) is 5.41. The summed E-state index contributed by atoms with van der Waals surface area (Å²) in [6, 6.07) is 3.56. The van der Waals surface area contributed by atoms with Crippen LogP contribution in [0.4, 0.5) is 13.6 Å². The third-order valence-electron chi connectivity index (χ3n) is 4.42. The number of methoxy groups -OCH3 is 1. The highest BCUT2D eigenvalue weighted by Gasteiger charge is 2.34. The molecule has 0 saturated carbocycles. The highest BCUT2D eigenvalue weighted by Crippen LogP contribution is 2.34. The van der Waals surface area contributed by atoms with Gasteiger partial charge in [-0.2, -0.15) is 13.9 Å². The van der Waals surface area contributed by atoms with Crippen LogP contribution in [0.1, 0.15) is 18.5 Å². The van der Waals surface area contributed by atoms with Gasteiger partial charge >= 0.3 is 6.61 Å². The van der Waals surface area contributed by atoms with E-state index in [4.69, 9.17) is 4.74 Å². The minimum Gasteiger partial charge on any atom is -0.493 e. The molecule has 1 saturated heterocycles. The van der Waals surface area contributed by atoms with Gasteiger partial charge in [0.1, 0.15) is 18.7 Å². The lowest BCUT2D eigenvalue weighted by Gasteiger charge is -2.15. The maximum Gasteiger partial charge on any atom is 0.387 e. The first-order valence-corrected chi connectivity index (χ1v) is 10.1. The third-order valence-corrected chi connectivity index (χ3v) is 5.33. The maximum atomic E-state index is 12.6. The van der Waals surface area contributed by atoms with Crippen molar-refractivity contribution in [3.63, 3.8) is 0 Å². The number of imide groups is 1. The van der Waals surface area contributed by atoms with Gasteiger partial charge in [-0.1, -0.05) is 6.07 Å². The van der Waals surface area contributed by atoms with Crippen LogP contribution in [0.5, 0.6) is 11.5 Å². The summed E-state index contributed by atoms with van der Waals surface area (Å²) in [6.45, 7) is -1.32. The molecule has 32 heavy (non-hydrogen) atoms. The van der Waals surface area contributed by atoms with E-state index in [-0.39, 0.29) is 35.4 Å². The largest absolute Gasteiger partial charge is 0.493 e. The van der Waals surface area contributed by atoms with Crippen LogP contribution in [0.15, 0.2) is 35.8 Å². The van der Waals surface area contributed by atoms with Crippen molar-refractivity contribution in [1.29, 1.82) is 0 Å². The van der Waals surface area contributed by atoms with Gasteiger partial charge < -0.3 is 14.8 Å². The fourth-order valence-corrected chi connectivity index (χ4v) is 3.65. The number of benzene rings is 1. The minimum atomic E-state index is -3.01. The highest BCUT2D eigenvalue weighted by atomic mass is 32.2. The van der Waals surface area contributed by atoms with Crippen molar-refractivity contribution in [3.8, 4) is 11.5 Å². The van der Waals surface area contributed by atoms with Gasteiger partial charge in [0.15, 0.2) is 11.5 Å². The van der Waals surface area contributed by atoms with Crippen LogP contribution in [0.2, 0.25) is 0 Å². The molecule has 0 spiro atoms. The van der Waals surface area contributed by atoms with Gasteiger partial charge in [0, 0.05) is 13.1 Å². The Morgan fingerprint density at radius 3 is 2.75 bits per heavy atom. The minimum absolute atomic E-state index is 0.0116. The number of rotatable bonds is 9. The summed E-state index contributed by atoms with van der Waals surface area (Å²) in [6.07, 6.45) is 4.17. The molecule has 2 aromatic rings. The number of ether oxygens (including phenoxy) is 2. The van der Waals surface area contributed by atoms with E-state index in [1.807, 2.05) is 0 Å². The standard InChI is InChI=1S/C19H19F2N5O5S/c1-11(26-10-22-9-24-26)16(27)23-5-6-25-17(28)15(32-19(25)29)8-12-3-4-13(31-18(20)21)14(7-12)30-2/h3-4,7-11,18H,5-6H2,1-2H3,(H,23,27)/b15-8-. The Morgan fingerprint density at radius 2 is 2.09 bits per heavy atom. The Hall–Kier alpha value is -3.48. The topological polar surface area (TPSA) is 116 Å². The summed E-state index contributed by atoms with van der Waals surface area (Å²) in [7, 11) is 1.29. The number of aromatic nitrogens is 3. The van der Waals surface area contributed by atoms with E-state index >= 15 is 0 Å². The molecule has 1 unspecified atom stereocenters. The second-order valence-corrected chi connectivity index (χ2v) is 7.46. The molecule has 13 heteroatoms. The van der Waals surface area contributed by atoms with E-state index in [9.17, 15) is 23.2 Å². The lowest BCUT2D eigenvalue weighted by atomic mass is 10.2. The molecular weight excluding hydrogens is 448 g/mol. The molecule has 1 aliphatic rings. The lowest BCUT2D eigenvalue weighted by molar-refractivity contribution is -0.125. The predicted molar refractivity (Wildman–Crippen MR) is 110 cm³/mol. The first-order valence-electron chi connectivity index (χ1n) is 9.30. The molecule has 2 heterocycles. The van der Waals surface area contributed by atoms with Crippen molar-refractivity contribution in [2.45, 2.75) is 19.6 Å². The number of halogens is 2. The van der Waals surface area contributed by atoms with Gasteiger partial charge in [0.2, 0.25) is 5.91 Å². The number of hydrogen-bond acceptors (Lipinski definition) is 8. The average Bonchev–Trinajstić information content (AvgIpc) is 3.38. The van der Waals surface area contributed by atoms with Crippen molar-refractivity contribution in [2.24, 2.45) is 0 Å². The summed E-state index contributed by atoms with van der Waals surface area (Å²) in [4.78, 5) is 42.0. The van der Waals surface area contributed by atoms with Gasteiger partial charge in [-0.25, -0.2) is 9.67 Å². The summed E-state index contributed by atoms with van der Waals surface area (Å²) in [5, 5.41) is 6.05. The molecule has 3 amide bonds. The number of thioether (sulfide) groups is 1. The molecule has 1 fully saturated rings. The van der Waals surface area contributed by atoms with Gasteiger partial charge in [0.05, 0.1) is 12.0 Å². The second kappa shape index (κ2) is 10.2. The molecule has 3 rings (SSSR count). The zero-order valence-corrected chi connectivity index (χ0v) is 17.8. The van der Waals surface area contributed by atoms with Crippen molar-refractivity contribution in [2.75, 3.05) is 20.2 Å². The summed E-state index contributed by atoms with van der Waals surface area (Å²) >= 11 is 0.739. The Labute approximate surface area is 185 Å². The molecule has 10 nitrogen and oxygen atoms in total. The average molecular weight is 467 g/mol. The Balaban J connectivity index is 1.61. The smallest absolute Gasteiger partial charge is 0.387 e. The van der Waals surface area contributed by atoms with Crippen LogP contribution in [0, 0.1) is 0 Å². The van der Waals surface area contributed by atoms with E-state index in [0.717, 1.165) is 16.7 Å². The molecular formula is C19H19F2N5O5S. The van der Waals surface area contributed by atoms with Gasteiger partial charge in [-0.05, 0) is 42.5 Å². The molecule has 1 aromatic heterocycles. The first-order chi connectivity index (χ1) is 15.3. The number of alkyl halides is 2. The molecule has 0 aliphatic carbocycles. The van der Waals surface area contributed by atoms with E-state index in [1.54, 1.807) is 6.92 Å². The van der Waals surface area contributed by atoms with Crippen molar-refractivity contribution in [3.05, 3.63) is 41.3 Å². The highest BCUT2D eigenvalue weighted by molar-refractivity contribution is 8.18. The normalized spacial score (nSPS) is 16.0. The molecule has 1 N–H and O–H groups in total. The monoisotopic (exact) mass is 467 g/mol. The fourth-order valence-electron chi connectivity index (χ4n) is 2.79. The molecule has 170 valence electrons. The van der Waals surface area contributed by atoms with Crippen LogP contribution >= 0.6 is 11.8 Å². The van der Waals surface area contributed by atoms with Crippen LogP contribution in [-0.4, -0.2) is 63.5 Å². The van der Waals surface area contributed by atoms with Gasteiger partial charge in [-0.15, -0.1) is 0 Å². The quantitative estimate of drug-likeness (QED) is 0.559. The van der Waals surface area contributed by atoms with Gasteiger partial charge in [0.25, 0.3) is 11.1 Å². The Kier molecular flexibility index (Phi) is 7.41. The molecule has 0 radical (unpaired) electrons. The zero-order valence-electron chi connectivity index (χ0n) is 17.0. The van der Waals surface area contributed by atoms with Crippen molar-refractivity contribution >= 4 is 34.9 Å². The Morgan fingerprint density at radius 1 is 1.31 bits per heavy atom. The van der Waals surface area contributed by atoms with Crippen LogP contribution in [0.25, 0.3) is 6.08 Å². The van der Waals surface area contributed by atoms with E-state index in [1.165, 1.54) is 48.7 Å². The fraction of sp³-hybridized carbons (Fsp3) is 0.316. The first kappa shape index (κ1) is 23.2. The predicted octanol–water partition coefficient (Wildman–Crippen LogP) is 2.30. The van der Waals surface area contributed by atoms with E-state index in [2.05, 4.69) is 20.1 Å². The molecule has 1 aliphatic heterocycles. The maximum absolute atomic E-state index is 12.6. The Bertz CT molecular complexity index is 1030. The number of nitrogens with one attached hydrogen (secondary N) is 1. The molecule has 1 aromatic carbocycles. The van der Waals surface area contributed by atoms with E-state index in [0.29, 0.717) is 5.56 Å². The number of carbonyl (C=O) groups is 3. The van der Waals surface area contributed by atoms with Crippen molar-refractivity contribution < 1.29 is 32.6 Å². The molecule has 0 bridgehead atoms. The van der Waals surface area contributed by atoms with Crippen LogP contribution < -0.4 is 14.8 Å². The molecule has 1 atom stereocenters. The summed E-state index contributed by atoms with van der Waals surface area (Å²) < 4.78 is 35.7. The number of amides is 3. The van der Waals surface area contributed by atoms with Gasteiger partial charge in [-0.3, -0.25) is 19.3 Å². The van der Waals surface area contributed by atoms with Crippen LogP contribution in [-0.2, 0) is 9.59 Å². The van der Waals surface area contributed by atoms with Crippen LogP contribution in [0.3, 0.4) is 0 Å². The van der Waals surface area contributed by atoms with E-state index < -0.39 is 23.8 Å².